The zero-order valence-corrected chi connectivity index (χ0v) is 11.9. The van der Waals surface area contributed by atoms with E-state index in [4.69, 9.17) is 5.73 Å². The van der Waals surface area contributed by atoms with E-state index in [-0.39, 0.29) is 23.1 Å². The van der Waals surface area contributed by atoms with Crippen molar-refractivity contribution in [2.24, 2.45) is 23.0 Å². The molecule has 2 rings (SSSR count). The van der Waals surface area contributed by atoms with Gasteiger partial charge in [0.1, 0.15) is 0 Å². The maximum Gasteiger partial charge on any atom is 0.230 e. The van der Waals surface area contributed by atoms with Gasteiger partial charge in [-0.15, -0.1) is 0 Å². The van der Waals surface area contributed by atoms with Gasteiger partial charge >= 0.3 is 0 Å². The third kappa shape index (κ3) is 2.61. The molecule has 2 saturated heterocycles. The highest BCUT2D eigenvalue weighted by molar-refractivity contribution is 5.84. The normalized spacial score (nSPS) is 28.9. The molecule has 3 N–H and O–H groups in total. The first-order chi connectivity index (χ1) is 8.97. The number of likely N-dealkylation sites (tertiary alicyclic amines) is 1. The summed E-state index contributed by atoms with van der Waals surface area (Å²) in [5, 5.41) is 3.32. The number of piperidine rings is 1. The fraction of sp³-hybridized carbons (Fsp3) is 0.857. The number of nitrogens with one attached hydrogen (secondary N) is 1. The molecular formula is C14H25N3O2. The minimum atomic E-state index is -0.250. The van der Waals surface area contributed by atoms with Crippen LogP contribution in [-0.4, -0.2) is 42.9 Å². The summed E-state index contributed by atoms with van der Waals surface area (Å²) in [4.78, 5) is 25.9. The summed E-state index contributed by atoms with van der Waals surface area (Å²) >= 11 is 0. The van der Waals surface area contributed by atoms with Gasteiger partial charge in [0.25, 0.3) is 0 Å². The SMILES string of the molecule is CC(C)C1(C(=O)N2CCC(C(N)=O)CC2)CCNC1. The standard InChI is InChI=1S/C14H25N3O2/c1-10(2)14(5-6-16-9-14)13(19)17-7-3-11(4-8-17)12(15)18/h10-11,16H,3-9H2,1-2H3,(H2,15,18). The van der Waals surface area contributed by atoms with Crippen LogP contribution in [0.25, 0.3) is 0 Å². The summed E-state index contributed by atoms with van der Waals surface area (Å²) < 4.78 is 0. The number of hydrogen-bond acceptors (Lipinski definition) is 3. The van der Waals surface area contributed by atoms with Crippen LogP contribution in [-0.2, 0) is 9.59 Å². The number of nitrogens with two attached hydrogens (primary N) is 1. The molecule has 0 aliphatic carbocycles. The third-order valence-electron chi connectivity index (χ3n) is 4.90. The Morgan fingerprint density at radius 3 is 2.37 bits per heavy atom. The lowest BCUT2D eigenvalue weighted by Gasteiger charge is -2.39. The number of rotatable bonds is 3. The molecule has 2 amide bonds. The second-order valence-electron chi connectivity index (χ2n) is 6.21. The Bertz CT molecular complexity index is 354. The molecule has 2 aliphatic heterocycles. The first kappa shape index (κ1) is 14.3. The van der Waals surface area contributed by atoms with Gasteiger partial charge in [0.15, 0.2) is 0 Å². The third-order valence-corrected chi connectivity index (χ3v) is 4.90. The molecule has 0 radical (unpaired) electrons. The zero-order valence-electron chi connectivity index (χ0n) is 11.9. The number of amides is 2. The van der Waals surface area contributed by atoms with Crippen molar-refractivity contribution in [3.63, 3.8) is 0 Å². The van der Waals surface area contributed by atoms with Crippen LogP contribution in [0.1, 0.15) is 33.1 Å². The average molecular weight is 267 g/mol. The van der Waals surface area contributed by atoms with E-state index < -0.39 is 0 Å². The number of carbonyl (C=O) groups excluding carboxylic acids is 2. The monoisotopic (exact) mass is 267 g/mol. The Morgan fingerprint density at radius 1 is 1.32 bits per heavy atom. The molecule has 0 aromatic rings. The van der Waals surface area contributed by atoms with Gasteiger partial charge in [-0.2, -0.15) is 0 Å². The van der Waals surface area contributed by atoms with Gasteiger partial charge in [-0.1, -0.05) is 13.8 Å². The van der Waals surface area contributed by atoms with E-state index in [1.807, 2.05) is 4.90 Å². The highest BCUT2D eigenvalue weighted by Gasteiger charge is 2.46. The van der Waals surface area contributed by atoms with Crippen LogP contribution in [0.3, 0.4) is 0 Å². The Labute approximate surface area is 114 Å². The molecule has 2 heterocycles. The topological polar surface area (TPSA) is 75.4 Å². The van der Waals surface area contributed by atoms with Crippen LogP contribution in [0.4, 0.5) is 0 Å². The molecule has 0 spiro atoms. The summed E-state index contributed by atoms with van der Waals surface area (Å²) in [6.07, 6.45) is 2.34. The maximum absolute atomic E-state index is 12.8. The quantitative estimate of drug-likeness (QED) is 0.774. The molecule has 5 heteroatoms. The first-order valence-electron chi connectivity index (χ1n) is 7.27. The minimum absolute atomic E-state index is 0.0549. The fourth-order valence-corrected chi connectivity index (χ4v) is 3.32. The average Bonchev–Trinajstić information content (AvgIpc) is 2.88. The number of carbonyl (C=O) groups is 2. The van der Waals surface area contributed by atoms with Crippen molar-refractivity contribution in [1.82, 2.24) is 10.2 Å². The van der Waals surface area contributed by atoms with Gasteiger partial charge in [0.05, 0.1) is 5.41 Å². The highest BCUT2D eigenvalue weighted by atomic mass is 16.2. The summed E-state index contributed by atoms with van der Waals surface area (Å²) in [6.45, 7) is 7.28. The number of primary amides is 1. The lowest BCUT2D eigenvalue weighted by molar-refractivity contribution is -0.146. The molecule has 0 aromatic heterocycles. The van der Waals surface area contributed by atoms with E-state index in [9.17, 15) is 9.59 Å². The second-order valence-corrected chi connectivity index (χ2v) is 6.21. The molecule has 0 aromatic carbocycles. The Hall–Kier alpha value is -1.10. The predicted molar refractivity (Wildman–Crippen MR) is 73.3 cm³/mol. The minimum Gasteiger partial charge on any atom is -0.369 e. The van der Waals surface area contributed by atoms with Crippen molar-refractivity contribution in [3.05, 3.63) is 0 Å². The van der Waals surface area contributed by atoms with Gasteiger partial charge in [-0.25, -0.2) is 0 Å². The molecule has 2 aliphatic rings. The van der Waals surface area contributed by atoms with Gasteiger partial charge in [-0.3, -0.25) is 9.59 Å². The summed E-state index contributed by atoms with van der Waals surface area (Å²) in [5.41, 5.74) is 5.08. The van der Waals surface area contributed by atoms with Crippen molar-refractivity contribution in [2.75, 3.05) is 26.2 Å². The van der Waals surface area contributed by atoms with Crippen molar-refractivity contribution in [3.8, 4) is 0 Å². The molecule has 1 atom stereocenters. The first-order valence-corrected chi connectivity index (χ1v) is 7.27. The highest BCUT2D eigenvalue weighted by Crippen LogP contribution is 2.37. The Kier molecular flexibility index (Phi) is 4.13. The van der Waals surface area contributed by atoms with E-state index in [0.717, 1.165) is 19.5 Å². The predicted octanol–water partition coefficient (Wildman–Crippen LogP) is 0.346. The molecular weight excluding hydrogens is 242 g/mol. The lowest BCUT2D eigenvalue weighted by atomic mass is 9.74. The van der Waals surface area contributed by atoms with E-state index in [0.29, 0.717) is 31.8 Å². The van der Waals surface area contributed by atoms with Crippen LogP contribution >= 0.6 is 0 Å². The van der Waals surface area contributed by atoms with Crippen molar-refractivity contribution in [1.29, 1.82) is 0 Å². The Balaban J connectivity index is 2.02. The molecule has 108 valence electrons. The van der Waals surface area contributed by atoms with Crippen molar-refractivity contribution >= 4 is 11.8 Å². The van der Waals surface area contributed by atoms with Crippen LogP contribution in [0.5, 0.6) is 0 Å². The van der Waals surface area contributed by atoms with Crippen LogP contribution < -0.4 is 11.1 Å². The zero-order chi connectivity index (χ0) is 14.0. The molecule has 0 bridgehead atoms. The summed E-state index contributed by atoms with van der Waals surface area (Å²) in [5.74, 6) is 0.313. The van der Waals surface area contributed by atoms with E-state index in [2.05, 4.69) is 19.2 Å². The van der Waals surface area contributed by atoms with Gasteiger partial charge in [0, 0.05) is 25.6 Å². The molecule has 0 saturated carbocycles. The van der Waals surface area contributed by atoms with E-state index in [1.54, 1.807) is 0 Å². The molecule has 1 unspecified atom stereocenters. The van der Waals surface area contributed by atoms with Gasteiger partial charge in [-0.05, 0) is 31.7 Å². The number of nitrogens with zero attached hydrogens (tertiary/aromatic N) is 1. The largest absolute Gasteiger partial charge is 0.369 e. The summed E-state index contributed by atoms with van der Waals surface area (Å²) in [6, 6.07) is 0. The number of hydrogen-bond donors (Lipinski definition) is 2. The lowest BCUT2D eigenvalue weighted by Crippen LogP contribution is -2.51. The van der Waals surface area contributed by atoms with Crippen LogP contribution in [0.15, 0.2) is 0 Å². The van der Waals surface area contributed by atoms with E-state index in [1.165, 1.54) is 0 Å². The van der Waals surface area contributed by atoms with Crippen molar-refractivity contribution in [2.45, 2.75) is 33.1 Å². The smallest absolute Gasteiger partial charge is 0.230 e. The van der Waals surface area contributed by atoms with Crippen LogP contribution in [0, 0.1) is 17.3 Å². The molecule has 2 fully saturated rings. The fourth-order valence-electron chi connectivity index (χ4n) is 3.32. The van der Waals surface area contributed by atoms with E-state index >= 15 is 0 Å². The van der Waals surface area contributed by atoms with Gasteiger partial charge in [0.2, 0.25) is 11.8 Å². The maximum atomic E-state index is 12.8. The summed E-state index contributed by atoms with van der Waals surface area (Å²) in [7, 11) is 0. The molecule has 5 nitrogen and oxygen atoms in total. The van der Waals surface area contributed by atoms with Crippen molar-refractivity contribution < 1.29 is 9.59 Å². The van der Waals surface area contributed by atoms with Gasteiger partial charge < -0.3 is 16.0 Å². The molecule has 19 heavy (non-hydrogen) atoms. The second kappa shape index (κ2) is 5.49. The van der Waals surface area contributed by atoms with Crippen LogP contribution in [0.2, 0.25) is 0 Å². The Morgan fingerprint density at radius 2 is 1.95 bits per heavy atom.